The highest BCUT2D eigenvalue weighted by Gasteiger charge is 2.18. The average Bonchev–Trinajstić information content (AvgIpc) is 3.22. The second-order valence-electron chi connectivity index (χ2n) is 7.09. The number of fused-ring (bicyclic) bond motifs is 1. The summed E-state index contributed by atoms with van der Waals surface area (Å²) in [5.41, 5.74) is 5.70. The van der Waals surface area contributed by atoms with Crippen molar-refractivity contribution in [2.75, 3.05) is 0 Å². The van der Waals surface area contributed by atoms with Gasteiger partial charge in [0.1, 0.15) is 11.5 Å². The van der Waals surface area contributed by atoms with Gasteiger partial charge in [-0.25, -0.2) is 0 Å². The summed E-state index contributed by atoms with van der Waals surface area (Å²) < 4.78 is 4.41. The zero-order chi connectivity index (χ0) is 22.9. The van der Waals surface area contributed by atoms with E-state index in [2.05, 4.69) is 47.8 Å². The van der Waals surface area contributed by atoms with Gasteiger partial charge in [-0.15, -0.1) is 0 Å². The van der Waals surface area contributed by atoms with Gasteiger partial charge < -0.3 is 14.8 Å². The van der Waals surface area contributed by atoms with Crippen LogP contribution in [-0.2, 0) is 23.1 Å². The number of hydrogen-bond acceptors (Lipinski definition) is 6. The molecule has 8 nitrogen and oxygen atoms in total. The number of carbonyl (C=O) groups excluding carboxylic acids is 2. The Kier molecular flexibility index (Phi) is 6.10. The molecular formula is C22H22N4O4S. The van der Waals surface area contributed by atoms with Crippen molar-refractivity contribution in [2.24, 2.45) is 7.05 Å². The molecule has 4 rings (SSSR count). The molecule has 9 heteroatoms. The van der Waals surface area contributed by atoms with E-state index in [-0.39, 0.29) is 17.7 Å². The molecule has 0 aliphatic carbocycles. The van der Waals surface area contributed by atoms with Crippen LogP contribution in [0.4, 0.5) is 0 Å². The third-order valence-corrected chi connectivity index (χ3v) is 5.81. The maximum atomic E-state index is 10.4. The standard InChI is InChI=1S/C21H22N4O2S.CO2/c1-5-13-8-16(19(27)10-18(13)26)20-22-23-21(28)25(20)14-6-7-17-15(9-14)11(2)12(3)24(17)4;2-1-3/h6-10,26-27H,5H2,1-4H3,(H,23,28);. The molecule has 0 amide bonds. The highest BCUT2D eigenvalue weighted by molar-refractivity contribution is 7.71. The fraction of sp³-hybridized carbons (Fsp3) is 0.227. The number of nitrogens with zero attached hydrogens (tertiary/aromatic N) is 3. The topological polar surface area (TPSA) is 113 Å². The molecule has 0 saturated heterocycles. The van der Waals surface area contributed by atoms with Crippen LogP contribution in [-0.4, -0.2) is 35.7 Å². The van der Waals surface area contributed by atoms with Gasteiger partial charge in [-0.05, 0) is 67.9 Å². The van der Waals surface area contributed by atoms with Crippen LogP contribution in [0.25, 0.3) is 28.0 Å². The highest BCUT2D eigenvalue weighted by Crippen LogP contribution is 2.36. The molecule has 4 aromatic rings. The van der Waals surface area contributed by atoms with Crippen molar-refractivity contribution in [2.45, 2.75) is 27.2 Å². The van der Waals surface area contributed by atoms with E-state index in [0.717, 1.165) is 22.2 Å². The second-order valence-corrected chi connectivity index (χ2v) is 7.48. The number of hydrogen-bond donors (Lipinski definition) is 3. The molecule has 0 aliphatic heterocycles. The number of phenolic OH excluding ortho intramolecular Hbond substituents is 2. The fourth-order valence-corrected chi connectivity index (χ4v) is 3.92. The maximum Gasteiger partial charge on any atom is 0.373 e. The normalized spacial score (nSPS) is 10.6. The molecule has 0 radical (unpaired) electrons. The number of nitrogens with one attached hydrogen (secondary N) is 1. The van der Waals surface area contributed by atoms with Crippen molar-refractivity contribution in [3.63, 3.8) is 0 Å². The Labute approximate surface area is 183 Å². The molecule has 0 atom stereocenters. The number of aromatic amines is 1. The minimum atomic E-state index is -0.0437. The number of benzene rings is 2. The molecule has 160 valence electrons. The van der Waals surface area contributed by atoms with Crippen LogP contribution in [0.5, 0.6) is 11.5 Å². The summed E-state index contributed by atoms with van der Waals surface area (Å²) >= 11 is 5.48. The van der Waals surface area contributed by atoms with Crippen molar-refractivity contribution in [1.29, 1.82) is 0 Å². The van der Waals surface area contributed by atoms with Crippen LogP contribution in [0, 0.1) is 18.6 Å². The van der Waals surface area contributed by atoms with Crippen LogP contribution in [0.3, 0.4) is 0 Å². The number of aryl methyl sites for hydroxylation is 3. The SMILES string of the molecule is CCc1cc(-c2n[nH]c(=S)n2-c2ccc3c(c2)c(C)c(C)n3C)c(O)cc1O.O=C=O. The number of aromatic hydroxyl groups is 2. The van der Waals surface area contributed by atoms with Crippen molar-refractivity contribution in [3.8, 4) is 28.6 Å². The molecule has 2 heterocycles. The Hall–Kier alpha value is -3.68. The van der Waals surface area contributed by atoms with Gasteiger partial charge in [0.05, 0.1) is 11.3 Å². The fourth-order valence-electron chi connectivity index (χ4n) is 3.68. The van der Waals surface area contributed by atoms with E-state index >= 15 is 0 Å². The van der Waals surface area contributed by atoms with Gasteiger partial charge in [0, 0.05) is 29.7 Å². The van der Waals surface area contributed by atoms with Crippen LogP contribution in [0.15, 0.2) is 30.3 Å². The molecule has 0 unspecified atom stereocenters. The first-order chi connectivity index (χ1) is 14.7. The summed E-state index contributed by atoms with van der Waals surface area (Å²) in [7, 11) is 2.06. The molecule has 0 bridgehead atoms. The van der Waals surface area contributed by atoms with Gasteiger partial charge in [0.15, 0.2) is 10.6 Å². The Morgan fingerprint density at radius 1 is 1.13 bits per heavy atom. The Balaban J connectivity index is 0.000000858. The van der Waals surface area contributed by atoms with Gasteiger partial charge in [0.2, 0.25) is 0 Å². The van der Waals surface area contributed by atoms with E-state index in [1.165, 1.54) is 17.3 Å². The third-order valence-electron chi connectivity index (χ3n) is 5.54. The quantitative estimate of drug-likeness (QED) is 0.415. The molecule has 31 heavy (non-hydrogen) atoms. The first kappa shape index (κ1) is 22.0. The first-order valence-corrected chi connectivity index (χ1v) is 9.93. The summed E-state index contributed by atoms with van der Waals surface area (Å²) in [4.78, 5) is 16.2. The van der Waals surface area contributed by atoms with Crippen LogP contribution in [0.2, 0.25) is 0 Å². The van der Waals surface area contributed by atoms with Gasteiger partial charge in [-0.1, -0.05) is 6.92 Å². The minimum Gasteiger partial charge on any atom is -0.508 e. The van der Waals surface area contributed by atoms with Crippen molar-refractivity contribution in [1.82, 2.24) is 19.3 Å². The third kappa shape index (κ3) is 3.76. The lowest BCUT2D eigenvalue weighted by molar-refractivity contribution is -0.191. The van der Waals surface area contributed by atoms with E-state index in [1.807, 2.05) is 17.6 Å². The summed E-state index contributed by atoms with van der Waals surface area (Å²) in [6.45, 7) is 6.16. The molecule has 0 spiro atoms. The lowest BCUT2D eigenvalue weighted by Crippen LogP contribution is -1.99. The summed E-state index contributed by atoms with van der Waals surface area (Å²) in [5, 5.41) is 28.8. The van der Waals surface area contributed by atoms with Crippen LogP contribution >= 0.6 is 12.2 Å². The predicted molar refractivity (Wildman–Crippen MR) is 118 cm³/mol. The number of phenols is 2. The van der Waals surface area contributed by atoms with Crippen LogP contribution in [0.1, 0.15) is 23.7 Å². The predicted octanol–water partition coefficient (Wildman–Crippen LogP) is 4.10. The lowest BCUT2D eigenvalue weighted by Gasteiger charge is -2.11. The lowest BCUT2D eigenvalue weighted by atomic mass is 10.1. The van der Waals surface area contributed by atoms with Gasteiger partial charge in [-0.2, -0.15) is 14.7 Å². The average molecular weight is 439 g/mol. The van der Waals surface area contributed by atoms with Crippen molar-refractivity contribution < 1.29 is 19.8 Å². The van der Waals surface area contributed by atoms with Crippen molar-refractivity contribution >= 4 is 29.3 Å². The van der Waals surface area contributed by atoms with Crippen LogP contribution < -0.4 is 0 Å². The number of H-pyrrole nitrogens is 1. The number of rotatable bonds is 3. The number of aromatic nitrogens is 4. The van der Waals surface area contributed by atoms with E-state index < -0.39 is 0 Å². The van der Waals surface area contributed by atoms with E-state index in [0.29, 0.717) is 22.6 Å². The summed E-state index contributed by atoms with van der Waals surface area (Å²) in [5.74, 6) is 0.529. The molecule has 3 N–H and O–H groups in total. The summed E-state index contributed by atoms with van der Waals surface area (Å²) in [6.07, 6.45) is 0.888. The van der Waals surface area contributed by atoms with Gasteiger partial charge >= 0.3 is 6.15 Å². The zero-order valence-corrected chi connectivity index (χ0v) is 18.4. The molecular weight excluding hydrogens is 416 g/mol. The molecule has 2 aromatic heterocycles. The zero-order valence-electron chi connectivity index (χ0n) is 17.6. The van der Waals surface area contributed by atoms with E-state index in [9.17, 15) is 10.2 Å². The first-order valence-electron chi connectivity index (χ1n) is 9.53. The monoisotopic (exact) mass is 438 g/mol. The largest absolute Gasteiger partial charge is 0.508 e. The maximum absolute atomic E-state index is 10.4. The van der Waals surface area contributed by atoms with E-state index in [4.69, 9.17) is 21.8 Å². The molecule has 0 fully saturated rings. The second kappa shape index (κ2) is 8.59. The van der Waals surface area contributed by atoms with Gasteiger partial charge in [-0.3, -0.25) is 9.67 Å². The highest BCUT2D eigenvalue weighted by atomic mass is 32.1. The Bertz CT molecular complexity index is 1370. The van der Waals surface area contributed by atoms with Gasteiger partial charge in [0.25, 0.3) is 0 Å². The Morgan fingerprint density at radius 2 is 1.81 bits per heavy atom. The Morgan fingerprint density at radius 3 is 2.45 bits per heavy atom. The smallest absolute Gasteiger partial charge is 0.373 e. The molecule has 0 aliphatic rings. The molecule has 0 saturated carbocycles. The minimum absolute atomic E-state index is 0.0437. The summed E-state index contributed by atoms with van der Waals surface area (Å²) in [6, 6.07) is 9.25. The van der Waals surface area contributed by atoms with Crippen molar-refractivity contribution in [3.05, 3.63) is 51.9 Å². The van der Waals surface area contributed by atoms with E-state index in [1.54, 1.807) is 6.07 Å². The molecule has 2 aromatic carbocycles.